The van der Waals surface area contributed by atoms with Crippen LogP contribution in [0.4, 0.5) is 15.8 Å². The smallest absolute Gasteiger partial charge is 0.241 e. The molecule has 2 aliphatic heterocycles. The number of hydrogen-bond acceptors (Lipinski definition) is 8. The van der Waals surface area contributed by atoms with Gasteiger partial charge in [0.25, 0.3) is 0 Å². The van der Waals surface area contributed by atoms with Gasteiger partial charge in [0.05, 0.1) is 60.9 Å². The van der Waals surface area contributed by atoms with Crippen molar-refractivity contribution in [2.24, 2.45) is 29.1 Å². The zero-order chi connectivity index (χ0) is 39.6. The summed E-state index contributed by atoms with van der Waals surface area (Å²) in [6.07, 6.45) is 6.03. The number of amides is 4. The van der Waals surface area contributed by atoms with E-state index in [1.54, 1.807) is 45.4 Å². The largest absolute Gasteiger partial charge is 0.508 e. The number of benzene rings is 4. The lowest BCUT2D eigenvalue weighted by atomic mass is 9.51. The molecule has 4 aliphatic rings. The van der Waals surface area contributed by atoms with Gasteiger partial charge in [0.2, 0.25) is 23.6 Å². The average molecular weight is 777 g/mol. The molecule has 1 saturated carbocycles. The molecule has 3 fully saturated rings. The number of rotatable bonds is 8. The van der Waals surface area contributed by atoms with Gasteiger partial charge >= 0.3 is 0 Å². The maximum absolute atomic E-state index is 14.6. The maximum Gasteiger partial charge on any atom is 0.241 e. The third-order valence-corrected chi connectivity index (χ3v) is 12.3. The van der Waals surface area contributed by atoms with Gasteiger partial charge in [-0.05, 0) is 85.8 Å². The normalized spacial score (nSPS) is 25.6. The van der Waals surface area contributed by atoms with Crippen LogP contribution >= 0.6 is 11.6 Å². The highest BCUT2D eigenvalue weighted by atomic mass is 35.5. The molecule has 4 aromatic carbocycles. The zero-order valence-electron chi connectivity index (χ0n) is 31.0. The second kappa shape index (κ2) is 14.0. The standard InChI is InChI=1S/C44H38ClFN2O8/c1-44-33(41(51)48(43(44)53)26-11-17-35(46)34(45)20-26)22-32-29(39(44)30-14-12-28(55-3)21-36(30)49)15-16-31-38(32)42(52)47(40(31)50)25-9-6-23(7-10-25)5-8-24-19-27(54-2)13-18-37(24)56-4/h5-15,17-21,31-33,38-39,49H,16,22H2,1-4H3. The van der Waals surface area contributed by atoms with Crippen LogP contribution in [-0.4, -0.2) is 50.1 Å². The maximum atomic E-state index is 14.6. The molecular weight excluding hydrogens is 739 g/mol. The Morgan fingerprint density at radius 2 is 1.48 bits per heavy atom. The molecule has 1 N–H and O–H groups in total. The Bertz CT molecular complexity index is 2380. The van der Waals surface area contributed by atoms with Crippen LogP contribution in [0.2, 0.25) is 5.02 Å². The van der Waals surface area contributed by atoms with E-state index in [9.17, 15) is 28.7 Å². The number of phenolic OH excluding ortho intramolecular Hbond substituents is 1. The van der Waals surface area contributed by atoms with E-state index < -0.39 is 52.6 Å². The van der Waals surface area contributed by atoms with Crippen LogP contribution in [0.3, 0.4) is 0 Å². The number of fused-ring (bicyclic) bond motifs is 4. The summed E-state index contributed by atoms with van der Waals surface area (Å²) in [4.78, 5) is 60.1. The Labute approximate surface area is 327 Å². The third-order valence-electron chi connectivity index (χ3n) is 12.0. The van der Waals surface area contributed by atoms with Crippen molar-refractivity contribution in [3.63, 3.8) is 0 Å². The first kappa shape index (κ1) is 37.0. The number of methoxy groups -OCH3 is 3. The molecule has 12 heteroatoms. The second-order valence-corrected chi connectivity index (χ2v) is 15.1. The van der Waals surface area contributed by atoms with E-state index in [0.717, 1.165) is 22.1 Å². The topological polar surface area (TPSA) is 123 Å². The summed E-state index contributed by atoms with van der Waals surface area (Å²) >= 11 is 6.11. The van der Waals surface area contributed by atoms with Gasteiger partial charge in [-0.2, -0.15) is 0 Å². The molecule has 4 aromatic rings. The number of nitrogens with zero attached hydrogens (tertiary/aromatic N) is 2. The fourth-order valence-corrected chi connectivity index (χ4v) is 9.44. The van der Waals surface area contributed by atoms with Crippen LogP contribution in [0, 0.1) is 34.9 Å². The van der Waals surface area contributed by atoms with Gasteiger partial charge in [-0.1, -0.05) is 53.6 Å². The van der Waals surface area contributed by atoms with Crippen molar-refractivity contribution >= 4 is 58.8 Å². The van der Waals surface area contributed by atoms with E-state index in [1.807, 2.05) is 48.6 Å². The first-order chi connectivity index (χ1) is 26.9. The number of ether oxygens (including phenoxy) is 3. The van der Waals surface area contributed by atoms with Gasteiger partial charge in [0.15, 0.2) is 0 Å². The fraction of sp³-hybridized carbons (Fsp3) is 0.273. The molecule has 0 radical (unpaired) electrons. The molecule has 0 spiro atoms. The summed E-state index contributed by atoms with van der Waals surface area (Å²) in [5.74, 6) is -4.78. The molecule has 2 heterocycles. The van der Waals surface area contributed by atoms with Crippen LogP contribution in [0.15, 0.2) is 90.5 Å². The van der Waals surface area contributed by atoms with Crippen molar-refractivity contribution in [1.29, 1.82) is 0 Å². The summed E-state index contributed by atoms with van der Waals surface area (Å²) in [6.45, 7) is 1.70. The minimum absolute atomic E-state index is 0.108. The van der Waals surface area contributed by atoms with Crippen LogP contribution in [0.25, 0.3) is 12.2 Å². The summed E-state index contributed by atoms with van der Waals surface area (Å²) < 4.78 is 30.4. The molecule has 2 saturated heterocycles. The molecule has 56 heavy (non-hydrogen) atoms. The van der Waals surface area contributed by atoms with Gasteiger partial charge < -0.3 is 19.3 Å². The van der Waals surface area contributed by atoms with E-state index in [1.165, 1.54) is 30.2 Å². The number of anilines is 2. The minimum atomic E-state index is -1.41. The van der Waals surface area contributed by atoms with E-state index in [-0.39, 0.29) is 41.1 Å². The first-order valence-corrected chi connectivity index (χ1v) is 18.6. The number of carbonyl (C=O) groups is 4. The Morgan fingerprint density at radius 1 is 0.786 bits per heavy atom. The Hall–Kier alpha value is -5.94. The summed E-state index contributed by atoms with van der Waals surface area (Å²) in [7, 11) is 4.65. The summed E-state index contributed by atoms with van der Waals surface area (Å²) in [5.41, 5.74) is 1.85. The molecule has 0 aromatic heterocycles. The van der Waals surface area contributed by atoms with Gasteiger partial charge in [-0.3, -0.25) is 24.1 Å². The van der Waals surface area contributed by atoms with Crippen LogP contribution in [0.5, 0.6) is 23.0 Å². The van der Waals surface area contributed by atoms with Crippen LogP contribution in [0.1, 0.15) is 42.4 Å². The zero-order valence-corrected chi connectivity index (χ0v) is 31.7. The molecule has 6 unspecified atom stereocenters. The van der Waals surface area contributed by atoms with Gasteiger partial charge in [-0.15, -0.1) is 0 Å². The minimum Gasteiger partial charge on any atom is -0.508 e. The second-order valence-electron chi connectivity index (χ2n) is 14.7. The number of hydrogen-bond donors (Lipinski definition) is 1. The molecular formula is C44H38ClFN2O8. The highest BCUT2D eigenvalue weighted by molar-refractivity contribution is 6.32. The Kier molecular flexibility index (Phi) is 9.23. The number of allylic oxidation sites excluding steroid dienone is 2. The molecule has 0 bridgehead atoms. The molecule has 8 rings (SSSR count). The molecule has 6 atom stereocenters. The lowest BCUT2D eigenvalue weighted by Crippen LogP contribution is -2.48. The van der Waals surface area contributed by atoms with Crippen molar-refractivity contribution in [3.05, 3.63) is 118 Å². The molecule has 286 valence electrons. The van der Waals surface area contributed by atoms with E-state index >= 15 is 0 Å². The Balaban J connectivity index is 1.15. The molecule has 2 aliphatic carbocycles. The van der Waals surface area contributed by atoms with E-state index in [2.05, 4.69) is 0 Å². The highest BCUT2D eigenvalue weighted by Gasteiger charge is 2.68. The van der Waals surface area contributed by atoms with Crippen molar-refractivity contribution in [2.75, 3.05) is 31.1 Å². The number of halogens is 2. The average Bonchev–Trinajstić information content (AvgIpc) is 3.57. The quantitative estimate of drug-likeness (QED) is 0.109. The van der Waals surface area contributed by atoms with Crippen molar-refractivity contribution in [2.45, 2.75) is 25.7 Å². The first-order valence-electron chi connectivity index (χ1n) is 18.2. The Morgan fingerprint density at radius 3 is 2.16 bits per heavy atom. The molecule has 4 amide bonds. The van der Waals surface area contributed by atoms with Crippen LogP contribution < -0.4 is 24.0 Å². The summed E-state index contributed by atoms with van der Waals surface area (Å²) in [5, 5.41) is 11.2. The van der Waals surface area contributed by atoms with Crippen molar-refractivity contribution in [1.82, 2.24) is 0 Å². The highest BCUT2D eigenvalue weighted by Crippen LogP contribution is 2.64. The lowest BCUT2D eigenvalue weighted by Gasteiger charge is -2.49. The monoisotopic (exact) mass is 776 g/mol. The van der Waals surface area contributed by atoms with Crippen molar-refractivity contribution in [3.8, 4) is 23.0 Å². The fourth-order valence-electron chi connectivity index (χ4n) is 9.27. The predicted octanol–water partition coefficient (Wildman–Crippen LogP) is 7.82. The van der Waals surface area contributed by atoms with E-state index in [4.69, 9.17) is 25.8 Å². The predicted molar refractivity (Wildman–Crippen MR) is 208 cm³/mol. The summed E-state index contributed by atoms with van der Waals surface area (Å²) in [6, 6.07) is 21.0. The molecule has 10 nitrogen and oxygen atoms in total. The number of aromatic hydroxyl groups is 1. The number of imide groups is 2. The van der Waals surface area contributed by atoms with E-state index in [0.29, 0.717) is 34.1 Å². The van der Waals surface area contributed by atoms with Gasteiger partial charge in [0, 0.05) is 23.1 Å². The lowest BCUT2D eigenvalue weighted by molar-refractivity contribution is -0.131. The van der Waals surface area contributed by atoms with Crippen molar-refractivity contribution < 1.29 is 42.9 Å². The third kappa shape index (κ3) is 5.67. The number of carbonyl (C=O) groups excluding carboxylic acids is 4. The van der Waals surface area contributed by atoms with Gasteiger partial charge in [-0.25, -0.2) is 9.29 Å². The van der Waals surface area contributed by atoms with Gasteiger partial charge in [0.1, 0.15) is 28.8 Å². The number of phenols is 1. The van der Waals surface area contributed by atoms with Crippen LogP contribution in [-0.2, 0) is 19.2 Å². The SMILES string of the molecule is COc1ccc(C2C3=CCC4C(=O)N(c5ccc(C=Cc6cc(OC)ccc6OC)cc5)C(=O)C4C3CC3C(=O)N(c4ccc(F)c(Cl)c4)C(=O)C32C)c(O)c1.